The molecule has 0 radical (unpaired) electrons. The molecule has 0 aliphatic carbocycles. The fourth-order valence-corrected chi connectivity index (χ4v) is 5.91. The molecule has 0 aliphatic heterocycles. The number of hydrogen-bond acceptors (Lipinski definition) is 4. The Morgan fingerprint density at radius 2 is 1.75 bits per heavy atom. The number of para-hydroxylation sites is 1. The molecule has 8 heteroatoms. The number of fused-ring (bicyclic) bond motifs is 1. The third-order valence-corrected chi connectivity index (χ3v) is 7.49. The molecule has 2 N–H and O–H groups in total. The molecule has 5 aromatic rings. The summed E-state index contributed by atoms with van der Waals surface area (Å²) >= 11 is 6.95. The van der Waals surface area contributed by atoms with Crippen LogP contribution in [0.4, 0.5) is 0 Å². The van der Waals surface area contributed by atoms with Crippen molar-refractivity contribution in [3.63, 3.8) is 0 Å². The number of nitrogens with one attached hydrogen (secondary N) is 2. The van der Waals surface area contributed by atoms with E-state index in [4.69, 9.17) is 4.74 Å². The van der Waals surface area contributed by atoms with E-state index in [2.05, 4.69) is 60.4 Å². The van der Waals surface area contributed by atoms with Crippen LogP contribution in [0.3, 0.4) is 0 Å². The number of rotatable bonds is 7. The second-order valence-corrected chi connectivity index (χ2v) is 11.0. The molecule has 5 rings (SSSR count). The van der Waals surface area contributed by atoms with Gasteiger partial charge in [-0.05, 0) is 64.7 Å². The zero-order chi connectivity index (χ0) is 28.2. The smallest absolute Gasteiger partial charge is 0.343 e. The molecule has 0 saturated carbocycles. The molecule has 0 atom stereocenters. The summed E-state index contributed by atoms with van der Waals surface area (Å²) in [4.78, 5) is 29.6. The van der Waals surface area contributed by atoms with Gasteiger partial charge in [0.15, 0.2) is 5.75 Å². The van der Waals surface area contributed by atoms with E-state index in [9.17, 15) is 9.59 Å². The van der Waals surface area contributed by atoms with Crippen LogP contribution in [0.15, 0.2) is 99.0 Å². The minimum absolute atomic E-state index is 0.288. The van der Waals surface area contributed by atoms with Crippen LogP contribution in [-0.2, 0) is 6.42 Å². The van der Waals surface area contributed by atoms with Crippen LogP contribution in [0, 0.1) is 6.92 Å². The second-order valence-electron chi connectivity index (χ2n) is 9.20. The van der Waals surface area contributed by atoms with Crippen LogP contribution >= 0.6 is 31.9 Å². The van der Waals surface area contributed by atoms with E-state index in [0.717, 1.165) is 44.1 Å². The van der Waals surface area contributed by atoms with Crippen LogP contribution in [0.2, 0.25) is 0 Å². The normalized spacial score (nSPS) is 11.2. The molecule has 0 bridgehead atoms. The van der Waals surface area contributed by atoms with Crippen LogP contribution in [0.1, 0.15) is 44.5 Å². The zero-order valence-corrected chi connectivity index (χ0v) is 25.0. The predicted octanol–water partition coefficient (Wildman–Crippen LogP) is 8.21. The number of aryl methyl sites for hydroxylation is 2. The lowest BCUT2D eigenvalue weighted by Crippen LogP contribution is -2.19. The van der Waals surface area contributed by atoms with Gasteiger partial charge in [0, 0.05) is 26.5 Å². The lowest BCUT2D eigenvalue weighted by atomic mass is 10.00. The largest absolute Gasteiger partial charge is 0.421 e. The minimum Gasteiger partial charge on any atom is -0.421 e. The Morgan fingerprint density at radius 3 is 2.50 bits per heavy atom. The fraction of sp³-hybridized carbons (Fsp3) is 0.0938. The maximum Gasteiger partial charge on any atom is 0.343 e. The Kier molecular flexibility index (Phi) is 8.28. The number of halogens is 2. The lowest BCUT2D eigenvalue weighted by molar-refractivity contribution is 0.0732. The molecule has 0 aliphatic rings. The van der Waals surface area contributed by atoms with Gasteiger partial charge in [0.1, 0.15) is 5.69 Å². The summed E-state index contributed by atoms with van der Waals surface area (Å²) in [6, 6.07) is 26.6. The summed E-state index contributed by atoms with van der Waals surface area (Å²) in [5, 5.41) is 5.20. The highest BCUT2D eigenvalue weighted by Crippen LogP contribution is 2.35. The van der Waals surface area contributed by atoms with Crippen molar-refractivity contribution in [1.29, 1.82) is 0 Å². The quantitative estimate of drug-likeness (QED) is 0.0800. The van der Waals surface area contributed by atoms with Crippen LogP contribution in [-0.4, -0.2) is 23.1 Å². The first-order chi connectivity index (χ1) is 19.4. The number of amides is 1. The van der Waals surface area contributed by atoms with E-state index >= 15 is 0 Å². The van der Waals surface area contributed by atoms with Gasteiger partial charge in [0.25, 0.3) is 5.91 Å². The van der Waals surface area contributed by atoms with Gasteiger partial charge in [-0.1, -0.05) is 89.1 Å². The first kappa shape index (κ1) is 27.6. The molecule has 0 saturated heterocycles. The molecule has 40 heavy (non-hydrogen) atoms. The molecule has 1 amide bonds. The average molecular weight is 659 g/mol. The maximum atomic E-state index is 13.5. The Morgan fingerprint density at radius 1 is 0.975 bits per heavy atom. The van der Waals surface area contributed by atoms with Crippen LogP contribution < -0.4 is 10.2 Å². The number of benzene rings is 4. The molecule has 0 spiro atoms. The summed E-state index contributed by atoms with van der Waals surface area (Å²) in [6.07, 6.45) is 2.28. The van der Waals surface area contributed by atoms with E-state index in [0.29, 0.717) is 21.3 Å². The number of H-pyrrole nitrogens is 1. The lowest BCUT2D eigenvalue weighted by Gasteiger charge is -2.11. The van der Waals surface area contributed by atoms with E-state index in [1.165, 1.54) is 6.21 Å². The van der Waals surface area contributed by atoms with Crippen molar-refractivity contribution in [2.45, 2.75) is 20.3 Å². The highest BCUT2D eigenvalue weighted by atomic mass is 79.9. The van der Waals surface area contributed by atoms with Gasteiger partial charge in [-0.25, -0.2) is 10.2 Å². The Labute approximate surface area is 248 Å². The number of aromatic amines is 1. The molecule has 4 aromatic carbocycles. The SMILES string of the molecule is CCc1cccc2c(-c3ccccc3)c(C(=O)NN=Cc3cc(Br)cc(Br)c3OC(=O)c3cccc(C)c3)[nH]c12. The first-order valence-corrected chi connectivity index (χ1v) is 14.2. The van der Waals surface area contributed by atoms with E-state index in [1.54, 1.807) is 30.3 Å². The van der Waals surface area contributed by atoms with E-state index < -0.39 is 5.97 Å². The van der Waals surface area contributed by atoms with Crippen molar-refractivity contribution < 1.29 is 14.3 Å². The molecule has 6 nitrogen and oxygen atoms in total. The Balaban J connectivity index is 1.46. The number of ether oxygens (including phenoxy) is 1. The van der Waals surface area contributed by atoms with Gasteiger partial charge in [-0.3, -0.25) is 4.79 Å². The van der Waals surface area contributed by atoms with Crippen molar-refractivity contribution in [3.05, 3.63) is 122 Å². The van der Waals surface area contributed by atoms with E-state index in [-0.39, 0.29) is 11.7 Å². The van der Waals surface area contributed by atoms with Crippen LogP contribution in [0.5, 0.6) is 5.75 Å². The zero-order valence-electron chi connectivity index (χ0n) is 21.8. The van der Waals surface area contributed by atoms with Gasteiger partial charge in [0.2, 0.25) is 0 Å². The van der Waals surface area contributed by atoms with Crippen molar-refractivity contribution in [3.8, 4) is 16.9 Å². The number of hydrogen-bond donors (Lipinski definition) is 2. The van der Waals surface area contributed by atoms with Gasteiger partial charge in [0.05, 0.1) is 16.3 Å². The molecule has 200 valence electrons. The van der Waals surface area contributed by atoms with E-state index in [1.807, 2.05) is 55.5 Å². The predicted molar refractivity (Wildman–Crippen MR) is 166 cm³/mol. The number of esters is 1. The summed E-state index contributed by atoms with van der Waals surface area (Å²) in [5.41, 5.74) is 8.74. The first-order valence-electron chi connectivity index (χ1n) is 12.7. The number of nitrogens with zero attached hydrogens (tertiary/aromatic N) is 1. The fourth-order valence-electron chi connectivity index (χ4n) is 4.57. The van der Waals surface area contributed by atoms with Crippen LogP contribution in [0.25, 0.3) is 22.0 Å². The number of carbonyl (C=O) groups is 2. The molecule has 0 unspecified atom stereocenters. The number of hydrazone groups is 1. The molecular weight excluding hydrogens is 634 g/mol. The Bertz CT molecular complexity index is 1760. The third-order valence-electron chi connectivity index (χ3n) is 6.45. The summed E-state index contributed by atoms with van der Waals surface area (Å²) in [6.45, 7) is 3.99. The van der Waals surface area contributed by atoms with Gasteiger partial charge < -0.3 is 9.72 Å². The standard InChI is InChI=1S/C32H25Br2N3O3/c1-3-20-12-8-14-25-27(21-10-5-4-6-11-21)29(36-28(20)25)31(38)37-35-18-23-16-24(33)17-26(34)30(23)40-32(39)22-13-7-9-19(2)15-22/h4-18,36H,3H2,1-2H3,(H,37,38). The highest BCUT2D eigenvalue weighted by molar-refractivity contribution is 9.11. The second kappa shape index (κ2) is 12.0. The van der Waals surface area contributed by atoms with Gasteiger partial charge in [-0.15, -0.1) is 0 Å². The average Bonchev–Trinajstić information content (AvgIpc) is 3.35. The maximum absolute atomic E-state index is 13.5. The van der Waals surface area contributed by atoms with Gasteiger partial charge >= 0.3 is 5.97 Å². The number of aromatic nitrogens is 1. The molecule has 1 heterocycles. The molecular formula is C32H25Br2N3O3. The topological polar surface area (TPSA) is 83.5 Å². The third kappa shape index (κ3) is 5.78. The van der Waals surface area contributed by atoms with Crippen molar-refractivity contribution in [2.75, 3.05) is 0 Å². The van der Waals surface area contributed by atoms with Crippen molar-refractivity contribution in [2.24, 2.45) is 5.10 Å². The number of carbonyl (C=O) groups excluding carboxylic acids is 2. The summed E-state index contributed by atoms with van der Waals surface area (Å²) < 4.78 is 7.05. The molecule has 1 aromatic heterocycles. The highest BCUT2D eigenvalue weighted by Gasteiger charge is 2.20. The molecule has 0 fully saturated rings. The summed E-state index contributed by atoms with van der Waals surface area (Å²) in [7, 11) is 0. The van der Waals surface area contributed by atoms with Gasteiger partial charge in [-0.2, -0.15) is 5.10 Å². The summed E-state index contributed by atoms with van der Waals surface area (Å²) in [5.74, 6) is -0.598. The minimum atomic E-state index is -0.497. The Hall–Kier alpha value is -4.01. The monoisotopic (exact) mass is 657 g/mol. The van der Waals surface area contributed by atoms with Crippen molar-refractivity contribution >= 4 is 60.9 Å². The van der Waals surface area contributed by atoms with Crippen molar-refractivity contribution in [1.82, 2.24) is 10.4 Å².